The van der Waals surface area contributed by atoms with E-state index in [-0.39, 0.29) is 0 Å². The molecule has 1 aromatic carbocycles. The number of hydrogen-bond acceptors (Lipinski definition) is 4. The molecule has 0 saturated heterocycles. The first kappa shape index (κ1) is 16.1. The minimum Gasteiger partial charge on any atom is -0.370 e. The van der Waals surface area contributed by atoms with Crippen LogP contribution in [0.3, 0.4) is 0 Å². The lowest BCUT2D eigenvalue weighted by atomic mass is 10.3. The Bertz CT molecular complexity index is 646. The second-order valence-electron chi connectivity index (χ2n) is 4.31. The fourth-order valence-electron chi connectivity index (χ4n) is 1.75. The number of hydrogen-bond donors (Lipinski definition) is 2. The van der Waals surface area contributed by atoms with Crippen LogP contribution in [0.4, 0.5) is 17.3 Å². The van der Waals surface area contributed by atoms with E-state index in [0.717, 1.165) is 24.6 Å². The van der Waals surface area contributed by atoms with Crippen molar-refractivity contribution in [2.75, 3.05) is 17.2 Å². The van der Waals surface area contributed by atoms with Gasteiger partial charge in [-0.05, 0) is 19.1 Å². The Hall–Kier alpha value is -1.23. The van der Waals surface area contributed by atoms with Gasteiger partial charge in [0.25, 0.3) is 0 Å². The molecule has 1 heterocycles. The van der Waals surface area contributed by atoms with Crippen molar-refractivity contribution in [3.63, 3.8) is 0 Å². The molecule has 0 saturated carbocycles. The third-order valence-electron chi connectivity index (χ3n) is 2.72. The van der Waals surface area contributed by atoms with Crippen molar-refractivity contribution in [2.45, 2.75) is 20.3 Å². The molecule has 0 aliphatic heterocycles. The maximum atomic E-state index is 6.16. The molecule has 21 heavy (non-hydrogen) atoms. The Morgan fingerprint density at radius 2 is 1.57 bits per heavy atom. The first-order chi connectivity index (χ1) is 10.0. The smallest absolute Gasteiger partial charge is 0.136 e. The second-order valence-corrected chi connectivity index (χ2v) is 5.53. The van der Waals surface area contributed by atoms with Crippen LogP contribution in [0.2, 0.25) is 15.1 Å². The molecule has 1 aromatic heterocycles. The third kappa shape index (κ3) is 4.13. The highest BCUT2D eigenvalue weighted by molar-refractivity contribution is 6.44. The third-order valence-corrected chi connectivity index (χ3v) is 3.75. The van der Waals surface area contributed by atoms with Gasteiger partial charge in [0.2, 0.25) is 0 Å². The lowest BCUT2D eigenvalue weighted by Crippen LogP contribution is -2.05. The summed E-state index contributed by atoms with van der Waals surface area (Å²) >= 11 is 18.1. The van der Waals surface area contributed by atoms with E-state index >= 15 is 0 Å². The molecule has 7 heteroatoms. The minimum atomic E-state index is 0.414. The summed E-state index contributed by atoms with van der Waals surface area (Å²) in [5.41, 5.74) is 0.647. The fraction of sp³-hybridized carbons (Fsp3) is 0.286. The molecule has 0 fully saturated rings. The number of benzene rings is 1. The van der Waals surface area contributed by atoms with Crippen molar-refractivity contribution in [3.8, 4) is 0 Å². The maximum Gasteiger partial charge on any atom is 0.136 e. The Labute approximate surface area is 138 Å². The molecular formula is C14H15Cl3N4. The van der Waals surface area contributed by atoms with Gasteiger partial charge in [-0.2, -0.15) is 0 Å². The number of anilines is 3. The van der Waals surface area contributed by atoms with Gasteiger partial charge in [0.1, 0.15) is 17.5 Å². The van der Waals surface area contributed by atoms with Gasteiger partial charge in [-0.3, -0.25) is 0 Å². The van der Waals surface area contributed by atoms with Crippen molar-refractivity contribution < 1.29 is 0 Å². The summed E-state index contributed by atoms with van der Waals surface area (Å²) in [5, 5.41) is 7.64. The molecule has 2 rings (SSSR count). The number of halogens is 3. The van der Waals surface area contributed by atoms with Gasteiger partial charge in [0, 0.05) is 19.0 Å². The largest absolute Gasteiger partial charge is 0.370 e. The van der Waals surface area contributed by atoms with E-state index in [4.69, 9.17) is 34.8 Å². The van der Waals surface area contributed by atoms with E-state index in [0.29, 0.717) is 26.6 Å². The van der Waals surface area contributed by atoms with Crippen LogP contribution in [0.5, 0.6) is 0 Å². The summed E-state index contributed by atoms with van der Waals surface area (Å²) < 4.78 is 0. The van der Waals surface area contributed by atoms with Crippen LogP contribution in [-0.4, -0.2) is 16.5 Å². The minimum absolute atomic E-state index is 0.414. The first-order valence-electron chi connectivity index (χ1n) is 6.56. The number of aryl methyl sites for hydroxylation is 1. The first-order valence-corrected chi connectivity index (χ1v) is 7.70. The van der Waals surface area contributed by atoms with Gasteiger partial charge in [-0.1, -0.05) is 41.7 Å². The lowest BCUT2D eigenvalue weighted by Gasteiger charge is -2.12. The Balaban J connectivity index is 2.34. The molecule has 0 atom stereocenters. The van der Waals surface area contributed by atoms with Gasteiger partial charge in [0.05, 0.1) is 20.8 Å². The Morgan fingerprint density at radius 1 is 0.905 bits per heavy atom. The second kappa shape index (κ2) is 7.16. The van der Waals surface area contributed by atoms with Crippen molar-refractivity contribution in [1.29, 1.82) is 0 Å². The van der Waals surface area contributed by atoms with Gasteiger partial charge in [-0.25, -0.2) is 9.97 Å². The van der Waals surface area contributed by atoms with Crippen LogP contribution in [0.1, 0.15) is 19.7 Å². The lowest BCUT2D eigenvalue weighted by molar-refractivity contribution is 0.939. The predicted octanol–water partition coefficient (Wildman–Crippen LogP) is 5.17. The molecule has 0 aliphatic rings. The van der Waals surface area contributed by atoms with E-state index in [1.807, 2.05) is 19.9 Å². The molecule has 0 radical (unpaired) electrons. The van der Waals surface area contributed by atoms with Gasteiger partial charge >= 0.3 is 0 Å². The van der Waals surface area contributed by atoms with Gasteiger partial charge in [-0.15, -0.1) is 0 Å². The monoisotopic (exact) mass is 344 g/mol. The van der Waals surface area contributed by atoms with Gasteiger partial charge in [0.15, 0.2) is 0 Å². The van der Waals surface area contributed by atoms with E-state index in [9.17, 15) is 0 Å². The number of rotatable bonds is 5. The van der Waals surface area contributed by atoms with Crippen LogP contribution < -0.4 is 10.6 Å². The van der Waals surface area contributed by atoms with E-state index in [1.165, 1.54) is 0 Å². The van der Waals surface area contributed by atoms with Crippen molar-refractivity contribution in [2.24, 2.45) is 0 Å². The summed E-state index contributed by atoms with van der Waals surface area (Å²) in [4.78, 5) is 8.82. The van der Waals surface area contributed by atoms with Crippen molar-refractivity contribution in [1.82, 2.24) is 9.97 Å². The zero-order valence-electron chi connectivity index (χ0n) is 11.7. The quantitative estimate of drug-likeness (QED) is 0.734. The molecule has 0 unspecified atom stereocenters. The highest BCUT2D eigenvalue weighted by Crippen LogP contribution is 2.33. The molecule has 0 aliphatic carbocycles. The number of aromatic nitrogens is 2. The summed E-state index contributed by atoms with van der Waals surface area (Å²) in [6.07, 6.45) is 0.739. The average molecular weight is 346 g/mol. The van der Waals surface area contributed by atoms with E-state index in [2.05, 4.69) is 20.6 Å². The Morgan fingerprint density at radius 3 is 2.24 bits per heavy atom. The van der Waals surface area contributed by atoms with E-state index in [1.54, 1.807) is 12.1 Å². The number of nitrogens with zero attached hydrogens (tertiary/aromatic N) is 2. The fourth-order valence-corrected chi connectivity index (χ4v) is 2.34. The maximum absolute atomic E-state index is 6.16. The normalized spacial score (nSPS) is 10.5. The zero-order valence-corrected chi connectivity index (χ0v) is 13.9. The molecule has 2 aromatic rings. The van der Waals surface area contributed by atoms with Crippen LogP contribution >= 0.6 is 34.8 Å². The van der Waals surface area contributed by atoms with Crippen molar-refractivity contribution in [3.05, 3.63) is 39.1 Å². The van der Waals surface area contributed by atoms with Crippen LogP contribution in [-0.2, 0) is 6.42 Å². The van der Waals surface area contributed by atoms with E-state index < -0.39 is 0 Å². The van der Waals surface area contributed by atoms with Crippen LogP contribution in [0, 0.1) is 0 Å². The predicted molar refractivity (Wildman–Crippen MR) is 90.3 cm³/mol. The van der Waals surface area contributed by atoms with Crippen LogP contribution in [0.25, 0.3) is 0 Å². The molecular weight excluding hydrogens is 331 g/mol. The zero-order chi connectivity index (χ0) is 15.4. The molecule has 0 amide bonds. The summed E-state index contributed by atoms with van der Waals surface area (Å²) in [7, 11) is 0. The highest BCUT2D eigenvalue weighted by Gasteiger charge is 2.09. The van der Waals surface area contributed by atoms with Crippen molar-refractivity contribution >= 4 is 52.1 Å². The number of nitrogens with one attached hydrogen (secondary N) is 2. The highest BCUT2D eigenvalue weighted by atomic mass is 35.5. The molecule has 0 bridgehead atoms. The summed E-state index contributed by atoms with van der Waals surface area (Å²) in [6, 6.07) is 5.09. The molecule has 4 nitrogen and oxygen atoms in total. The average Bonchev–Trinajstić information content (AvgIpc) is 2.45. The summed E-state index contributed by atoms with van der Waals surface area (Å²) in [5.74, 6) is 2.16. The summed E-state index contributed by atoms with van der Waals surface area (Å²) in [6.45, 7) is 4.80. The topological polar surface area (TPSA) is 49.8 Å². The Kier molecular flexibility index (Phi) is 5.51. The standard InChI is InChI=1S/C14H15Cl3N4/c1-3-12-20-13(18-4-2)7-14(21-12)19-11-6-9(16)8(15)5-10(11)17/h5-7H,3-4H2,1-2H3,(H2,18,19,20,21). The molecule has 2 N–H and O–H groups in total. The SMILES string of the molecule is CCNc1cc(Nc2cc(Cl)c(Cl)cc2Cl)nc(CC)n1. The molecule has 112 valence electrons. The molecule has 0 spiro atoms. The van der Waals surface area contributed by atoms with Crippen LogP contribution in [0.15, 0.2) is 18.2 Å². The van der Waals surface area contributed by atoms with Gasteiger partial charge < -0.3 is 10.6 Å².